The summed E-state index contributed by atoms with van der Waals surface area (Å²) in [6, 6.07) is 3.95. The van der Waals surface area contributed by atoms with Crippen LogP contribution in [0.5, 0.6) is 0 Å². The molecule has 0 saturated carbocycles. The molecule has 2 saturated heterocycles. The number of hydrogen-bond acceptors (Lipinski definition) is 3. The number of likely N-dealkylation sites (tertiary alicyclic amines) is 2. The Kier molecular flexibility index (Phi) is 4.79. The molecule has 2 amide bonds. The van der Waals surface area contributed by atoms with Crippen molar-refractivity contribution in [3.05, 3.63) is 42.2 Å². The second-order valence-electron chi connectivity index (χ2n) is 7.93. The molecule has 5 heteroatoms. The van der Waals surface area contributed by atoms with Gasteiger partial charge in [-0.1, -0.05) is 12.2 Å². The molecule has 2 fully saturated rings. The van der Waals surface area contributed by atoms with Crippen LogP contribution in [0.4, 0.5) is 0 Å². The lowest BCUT2D eigenvalue weighted by Crippen LogP contribution is -2.38. The average Bonchev–Trinajstić information content (AvgIpc) is 3.23. The molecule has 1 aromatic rings. The minimum absolute atomic E-state index is 0.131. The number of hydrogen-bond donors (Lipinski definition) is 0. The van der Waals surface area contributed by atoms with E-state index in [-0.39, 0.29) is 23.1 Å². The van der Waals surface area contributed by atoms with Gasteiger partial charge in [0.05, 0.1) is 5.41 Å². The van der Waals surface area contributed by atoms with Gasteiger partial charge in [-0.2, -0.15) is 0 Å². The van der Waals surface area contributed by atoms with E-state index in [2.05, 4.69) is 17.1 Å². The number of pyridine rings is 1. The second-order valence-corrected chi connectivity index (χ2v) is 7.93. The summed E-state index contributed by atoms with van der Waals surface area (Å²) in [7, 11) is 0. The highest BCUT2D eigenvalue weighted by molar-refractivity contribution is 5.85. The molecule has 26 heavy (non-hydrogen) atoms. The van der Waals surface area contributed by atoms with E-state index >= 15 is 0 Å². The highest BCUT2D eigenvalue weighted by atomic mass is 16.2. The van der Waals surface area contributed by atoms with Crippen LogP contribution in [0.2, 0.25) is 0 Å². The Morgan fingerprint density at radius 3 is 2.58 bits per heavy atom. The van der Waals surface area contributed by atoms with Crippen molar-refractivity contribution < 1.29 is 9.59 Å². The van der Waals surface area contributed by atoms with Crippen molar-refractivity contribution in [3.63, 3.8) is 0 Å². The van der Waals surface area contributed by atoms with Gasteiger partial charge in [0.15, 0.2) is 0 Å². The van der Waals surface area contributed by atoms with E-state index in [0.717, 1.165) is 63.7 Å². The Balaban J connectivity index is 1.40. The number of carbonyl (C=O) groups excluding carboxylic acids is 2. The monoisotopic (exact) mass is 353 g/mol. The van der Waals surface area contributed by atoms with E-state index in [4.69, 9.17) is 0 Å². The molecule has 5 nitrogen and oxygen atoms in total. The molecule has 1 atom stereocenters. The van der Waals surface area contributed by atoms with Crippen molar-refractivity contribution in [1.82, 2.24) is 14.8 Å². The summed E-state index contributed by atoms with van der Waals surface area (Å²) >= 11 is 0. The van der Waals surface area contributed by atoms with E-state index in [9.17, 15) is 9.59 Å². The van der Waals surface area contributed by atoms with Crippen LogP contribution in [0.1, 0.15) is 44.1 Å². The van der Waals surface area contributed by atoms with E-state index in [1.807, 2.05) is 21.9 Å². The predicted molar refractivity (Wildman–Crippen MR) is 99.0 cm³/mol. The summed E-state index contributed by atoms with van der Waals surface area (Å²) in [5.41, 5.74) is 0.875. The Hall–Kier alpha value is -2.17. The van der Waals surface area contributed by atoms with Crippen molar-refractivity contribution in [2.75, 3.05) is 19.6 Å². The lowest BCUT2D eigenvalue weighted by Gasteiger charge is -2.27. The highest BCUT2D eigenvalue weighted by Gasteiger charge is 2.47. The molecule has 1 aliphatic carbocycles. The Bertz CT molecular complexity index is 694. The Morgan fingerprint density at radius 2 is 1.81 bits per heavy atom. The first-order chi connectivity index (χ1) is 12.7. The summed E-state index contributed by atoms with van der Waals surface area (Å²) in [4.78, 5) is 34.0. The predicted octanol–water partition coefficient (Wildman–Crippen LogP) is 2.78. The standard InChI is InChI=1S/C21H27N3O2/c25-19(18-4-1-2-5-18)23-13-3-8-21(9-14-23)10-15-24(20(21)26)16-17-6-11-22-12-7-17/h1-2,6-7,11-12,18H,3-5,8-10,13-16H2/t21-/m1/s1. The van der Waals surface area contributed by atoms with Gasteiger partial charge >= 0.3 is 0 Å². The molecule has 3 heterocycles. The lowest BCUT2D eigenvalue weighted by molar-refractivity contribution is -0.138. The number of nitrogens with zero attached hydrogens (tertiary/aromatic N) is 3. The minimum atomic E-state index is -0.254. The topological polar surface area (TPSA) is 53.5 Å². The van der Waals surface area contributed by atoms with Crippen molar-refractivity contribution in [2.45, 2.75) is 45.1 Å². The first-order valence-corrected chi connectivity index (χ1v) is 9.80. The third-order valence-corrected chi connectivity index (χ3v) is 6.34. The van der Waals surface area contributed by atoms with Gasteiger partial charge in [-0.3, -0.25) is 14.6 Å². The van der Waals surface area contributed by atoms with Crippen molar-refractivity contribution in [2.24, 2.45) is 11.3 Å². The first kappa shape index (κ1) is 17.3. The summed E-state index contributed by atoms with van der Waals surface area (Å²) in [5, 5.41) is 0. The van der Waals surface area contributed by atoms with Crippen LogP contribution in [0.15, 0.2) is 36.7 Å². The van der Waals surface area contributed by atoms with Gasteiger partial charge in [-0.25, -0.2) is 0 Å². The normalized spacial score (nSPS) is 26.7. The summed E-state index contributed by atoms with van der Waals surface area (Å²) in [5.74, 6) is 0.698. The number of allylic oxidation sites excluding steroid dienone is 2. The number of amides is 2. The molecule has 0 radical (unpaired) electrons. The summed E-state index contributed by atoms with van der Waals surface area (Å²) in [6.45, 7) is 3.01. The molecule has 0 bridgehead atoms. The van der Waals surface area contributed by atoms with Crippen LogP contribution in [-0.4, -0.2) is 46.2 Å². The van der Waals surface area contributed by atoms with Crippen molar-refractivity contribution in [3.8, 4) is 0 Å². The van der Waals surface area contributed by atoms with E-state index in [0.29, 0.717) is 6.54 Å². The molecular weight excluding hydrogens is 326 g/mol. The van der Waals surface area contributed by atoms with Crippen LogP contribution >= 0.6 is 0 Å². The maximum Gasteiger partial charge on any atom is 0.229 e. The fourth-order valence-electron chi connectivity index (χ4n) is 4.71. The smallest absolute Gasteiger partial charge is 0.229 e. The van der Waals surface area contributed by atoms with Gasteiger partial charge in [-0.15, -0.1) is 0 Å². The van der Waals surface area contributed by atoms with Gasteiger partial charge in [-0.05, 0) is 56.2 Å². The van der Waals surface area contributed by atoms with E-state index in [1.165, 1.54) is 0 Å². The number of rotatable bonds is 3. The Labute approximate surface area is 155 Å². The zero-order valence-electron chi connectivity index (χ0n) is 15.3. The molecule has 0 N–H and O–H groups in total. The third-order valence-electron chi connectivity index (χ3n) is 6.34. The molecule has 4 rings (SSSR count). The molecule has 138 valence electrons. The fraction of sp³-hybridized carbons (Fsp3) is 0.571. The van der Waals surface area contributed by atoms with Crippen LogP contribution in [-0.2, 0) is 16.1 Å². The zero-order valence-corrected chi connectivity index (χ0v) is 15.3. The molecule has 1 spiro atoms. The molecule has 1 aromatic heterocycles. The largest absolute Gasteiger partial charge is 0.342 e. The van der Waals surface area contributed by atoms with Crippen LogP contribution in [0.3, 0.4) is 0 Å². The molecule has 0 aromatic carbocycles. The number of carbonyl (C=O) groups is 2. The highest BCUT2D eigenvalue weighted by Crippen LogP contribution is 2.42. The van der Waals surface area contributed by atoms with Gasteiger partial charge in [0.2, 0.25) is 11.8 Å². The van der Waals surface area contributed by atoms with Crippen molar-refractivity contribution in [1.29, 1.82) is 0 Å². The van der Waals surface area contributed by atoms with Gasteiger partial charge in [0.1, 0.15) is 0 Å². The summed E-state index contributed by atoms with van der Waals surface area (Å²) < 4.78 is 0. The average molecular weight is 353 g/mol. The van der Waals surface area contributed by atoms with Crippen LogP contribution in [0, 0.1) is 11.3 Å². The van der Waals surface area contributed by atoms with Gasteiger partial charge in [0, 0.05) is 44.5 Å². The maximum absolute atomic E-state index is 13.2. The Morgan fingerprint density at radius 1 is 1.08 bits per heavy atom. The first-order valence-electron chi connectivity index (χ1n) is 9.80. The maximum atomic E-state index is 13.2. The van der Waals surface area contributed by atoms with Crippen LogP contribution < -0.4 is 0 Å². The quantitative estimate of drug-likeness (QED) is 0.785. The zero-order chi connectivity index (χ0) is 18.0. The van der Waals surface area contributed by atoms with E-state index < -0.39 is 0 Å². The molecular formula is C21H27N3O2. The SMILES string of the molecule is O=C(C1CC=CC1)N1CCC[C@@]2(CC1)CCN(Cc1ccncc1)C2=O. The van der Waals surface area contributed by atoms with Crippen LogP contribution in [0.25, 0.3) is 0 Å². The summed E-state index contributed by atoms with van der Waals surface area (Å²) in [6.07, 6.45) is 13.1. The van der Waals surface area contributed by atoms with Gasteiger partial charge in [0.25, 0.3) is 0 Å². The second kappa shape index (κ2) is 7.22. The van der Waals surface area contributed by atoms with Gasteiger partial charge < -0.3 is 9.80 Å². The number of aromatic nitrogens is 1. The minimum Gasteiger partial charge on any atom is -0.342 e. The third kappa shape index (κ3) is 3.27. The fourth-order valence-corrected chi connectivity index (χ4v) is 4.71. The molecule has 3 aliphatic rings. The van der Waals surface area contributed by atoms with Crippen molar-refractivity contribution >= 4 is 11.8 Å². The molecule has 0 unspecified atom stereocenters. The lowest BCUT2D eigenvalue weighted by atomic mass is 9.79. The van der Waals surface area contributed by atoms with E-state index in [1.54, 1.807) is 12.4 Å². The molecule has 2 aliphatic heterocycles.